The number of benzene rings is 2. The lowest BCUT2D eigenvalue weighted by atomic mass is 10.1. The SMILES string of the molecule is CCN1CCN(c2nc(NCc3ccc(F)cc3)nc3c2ncn3CCCN2CCCC2)CC1.CN(C)Cc1ccc(C=O)cc1. The number of aldehydes is 1. The molecule has 2 saturated heterocycles. The number of nitrogens with one attached hydrogen (secondary N) is 1. The van der Waals surface area contributed by atoms with Crippen LogP contribution in [-0.2, 0) is 19.6 Å². The largest absolute Gasteiger partial charge is 0.352 e. The van der Waals surface area contributed by atoms with Crippen LogP contribution in [0.1, 0.15) is 47.7 Å². The predicted molar refractivity (Wildman–Crippen MR) is 183 cm³/mol. The maximum atomic E-state index is 13.3. The first-order chi connectivity index (χ1) is 22.4. The average molecular weight is 630 g/mol. The summed E-state index contributed by atoms with van der Waals surface area (Å²) in [5, 5.41) is 3.36. The fraction of sp³-hybridized carbons (Fsp3) is 0.486. The number of fused-ring (bicyclic) bond motifs is 1. The number of hydrogen-bond donors (Lipinski definition) is 1. The maximum Gasteiger partial charge on any atom is 0.227 e. The molecule has 2 aliphatic heterocycles. The van der Waals surface area contributed by atoms with Gasteiger partial charge in [0.2, 0.25) is 5.95 Å². The van der Waals surface area contributed by atoms with Crippen LogP contribution in [0.3, 0.4) is 0 Å². The molecule has 2 aliphatic rings. The minimum absolute atomic E-state index is 0.229. The van der Waals surface area contributed by atoms with Crippen LogP contribution in [0, 0.1) is 5.82 Å². The Hall–Kier alpha value is -3.93. The highest BCUT2D eigenvalue weighted by Gasteiger charge is 2.22. The van der Waals surface area contributed by atoms with Crippen molar-refractivity contribution in [3.8, 4) is 0 Å². The van der Waals surface area contributed by atoms with E-state index in [-0.39, 0.29) is 5.82 Å². The molecule has 4 aromatic rings. The third kappa shape index (κ3) is 9.31. The molecule has 10 nitrogen and oxygen atoms in total. The third-order valence-corrected chi connectivity index (χ3v) is 8.62. The number of hydrogen-bond acceptors (Lipinski definition) is 9. The summed E-state index contributed by atoms with van der Waals surface area (Å²) in [6, 6.07) is 14.2. The molecule has 0 bridgehead atoms. The lowest BCUT2D eigenvalue weighted by Gasteiger charge is -2.34. The molecule has 0 amide bonds. The zero-order valence-corrected chi connectivity index (χ0v) is 27.5. The second-order valence-corrected chi connectivity index (χ2v) is 12.4. The molecule has 1 N–H and O–H groups in total. The van der Waals surface area contributed by atoms with Gasteiger partial charge in [0.05, 0.1) is 6.33 Å². The number of aryl methyl sites for hydroxylation is 1. The first-order valence-corrected chi connectivity index (χ1v) is 16.5. The van der Waals surface area contributed by atoms with Gasteiger partial charge in [-0.05, 0) is 82.8 Å². The molecule has 2 aromatic carbocycles. The van der Waals surface area contributed by atoms with Crippen molar-refractivity contribution in [1.82, 2.24) is 34.2 Å². The van der Waals surface area contributed by atoms with Crippen molar-refractivity contribution in [2.24, 2.45) is 0 Å². The van der Waals surface area contributed by atoms with Gasteiger partial charge in [0, 0.05) is 51.4 Å². The van der Waals surface area contributed by atoms with Crippen LogP contribution < -0.4 is 10.2 Å². The highest BCUT2D eigenvalue weighted by atomic mass is 19.1. The van der Waals surface area contributed by atoms with Gasteiger partial charge in [-0.1, -0.05) is 43.3 Å². The van der Waals surface area contributed by atoms with Crippen LogP contribution in [0.25, 0.3) is 11.2 Å². The van der Waals surface area contributed by atoms with E-state index in [0.717, 1.165) is 93.2 Å². The second kappa shape index (κ2) is 16.6. The summed E-state index contributed by atoms with van der Waals surface area (Å²) in [4.78, 5) is 34.3. The van der Waals surface area contributed by atoms with Gasteiger partial charge in [0.25, 0.3) is 0 Å². The first kappa shape index (κ1) is 33.4. The maximum absolute atomic E-state index is 13.3. The summed E-state index contributed by atoms with van der Waals surface area (Å²) in [7, 11) is 4.04. The lowest BCUT2D eigenvalue weighted by molar-refractivity contribution is 0.112. The zero-order valence-electron chi connectivity index (χ0n) is 27.5. The number of likely N-dealkylation sites (tertiary alicyclic amines) is 1. The van der Waals surface area contributed by atoms with E-state index in [2.05, 4.69) is 36.4 Å². The summed E-state index contributed by atoms with van der Waals surface area (Å²) >= 11 is 0. The number of likely N-dealkylation sites (N-methyl/N-ethyl adjacent to an activating group) is 1. The summed E-state index contributed by atoms with van der Waals surface area (Å²) in [5.41, 5.74) is 4.70. The van der Waals surface area contributed by atoms with E-state index in [1.165, 1.54) is 43.6 Å². The summed E-state index contributed by atoms with van der Waals surface area (Å²) in [6.07, 6.45) is 6.49. The van der Waals surface area contributed by atoms with Crippen molar-refractivity contribution in [2.75, 3.05) is 76.7 Å². The molecule has 6 rings (SSSR count). The zero-order chi connectivity index (χ0) is 32.3. The molecule has 0 unspecified atom stereocenters. The van der Waals surface area contributed by atoms with E-state index in [4.69, 9.17) is 15.0 Å². The van der Waals surface area contributed by atoms with Gasteiger partial charge in [0.1, 0.15) is 12.1 Å². The Labute approximate surface area is 272 Å². The monoisotopic (exact) mass is 629 g/mol. The first-order valence-electron chi connectivity index (χ1n) is 16.5. The van der Waals surface area contributed by atoms with Crippen LogP contribution in [-0.4, -0.2) is 107 Å². The number of imidazole rings is 1. The summed E-state index contributed by atoms with van der Waals surface area (Å²) < 4.78 is 15.4. The van der Waals surface area contributed by atoms with Crippen LogP contribution in [0.5, 0.6) is 0 Å². The van der Waals surface area contributed by atoms with E-state index >= 15 is 0 Å². The minimum atomic E-state index is -0.229. The van der Waals surface area contributed by atoms with Crippen molar-refractivity contribution in [2.45, 2.75) is 45.8 Å². The minimum Gasteiger partial charge on any atom is -0.352 e. The summed E-state index contributed by atoms with van der Waals surface area (Å²) in [6.45, 7) is 13.1. The molecule has 0 aliphatic carbocycles. The highest BCUT2D eigenvalue weighted by Crippen LogP contribution is 2.26. The third-order valence-electron chi connectivity index (χ3n) is 8.62. The Balaban J connectivity index is 0.000000293. The summed E-state index contributed by atoms with van der Waals surface area (Å²) in [5.74, 6) is 1.26. The Morgan fingerprint density at radius 1 is 0.870 bits per heavy atom. The standard InChI is InChI=1S/C25H35FN8.C10H13NO/c1-2-31-14-16-33(17-15-31)23-22-24(34(19-28-22)13-5-12-32-10-3-4-11-32)30-25(29-23)27-18-20-6-8-21(26)9-7-20;1-11(2)7-9-3-5-10(8-12)6-4-9/h6-9,19H,2-5,10-18H2,1H3,(H,27,29,30);3-6,8H,7H2,1-2H3. The van der Waals surface area contributed by atoms with Gasteiger partial charge >= 0.3 is 0 Å². The molecule has 2 aromatic heterocycles. The molecule has 246 valence electrons. The fourth-order valence-corrected chi connectivity index (χ4v) is 5.99. The number of rotatable bonds is 12. The van der Waals surface area contributed by atoms with E-state index in [1.54, 1.807) is 12.1 Å². The Bertz CT molecular complexity index is 1510. The van der Waals surface area contributed by atoms with Gasteiger partial charge in [-0.2, -0.15) is 9.97 Å². The van der Waals surface area contributed by atoms with E-state index in [9.17, 15) is 9.18 Å². The molecule has 11 heteroatoms. The number of nitrogens with zero attached hydrogens (tertiary/aromatic N) is 8. The topological polar surface area (TPSA) is 85.7 Å². The van der Waals surface area contributed by atoms with Crippen LogP contribution in [0.2, 0.25) is 0 Å². The van der Waals surface area contributed by atoms with Gasteiger partial charge < -0.3 is 29.5 Å². The molecule has 0 atom stereocenters. The smallest absolute Gasteiger partial charge is 0.227 e. The lowest BCUT2D eigenvalue weighted by Crippen LogP contribution is -2.46. The Morgan fingerprint density at radius 3 is 2.22 bits per heavy atom. The molecule has 2 fully saturated rings. The van der Waals surface area contributed by atoms with Crippen molar-refractivity contribution in [1.29, 1.82) is 0 Å². The number of anilines is 2. The van der Waals surface area contributed by atoms with Crippen molar-refractivity contribution in [3.05, 3.63) is 77.4 Å². The molecular formula is C35H48FN9O. The van der Waals surface area contributed by atoms with E-state index in [1.807, 2.05) is 44.7 Å². The fourth-order valence-electron chi connectivity index (χ4n) is 5.99. The van der Waals surface area contributed by atoms with Gasteiger partial charge in [-0.3, -0.25) is 4.79 Å². The average Bonchev–Trinajstić information content (AvgIpc) is 3.75. The Morgan fingerprint density at radius 2 is 1.57 bits per heavy atom. The second-order valence-electron chi connectivity index (χ2n) is 12.4. The van der Waals surface area contributed by atoms with Gasteiger partial charge in [-0.15, -0.1) is 0 Å². The predicted octanol–water partition coefficient (Wildman–Crippen LogP) is 4.77. The molecule has 46 heavy (non-hydrogen) atoms. The molecule has 4 heterocycles. The molecule has 0 radical (unpaired) electrons. The van der Waals surface area contributed by atoms with Crippen LogP contribution in [0.15, 0.2) is 54.9 Å². The Kier molecular flexibility index (Phi) is 12.0. The quantitative estimate of drug-likeness (QED) is 0.223. The van der Waals surface area contributed by atoms with E-state index in [0.29, 0.717) is 12.5 Å². The molecular weight excluding hydrogens is 581 g/mol. The number of carbonyl (C=O) groups is 1. The number of piperazine rings is 1. The van der Waals surface area contributed by atoms with Crippen LogP contribution >= 0.6 is 0 Å². The van der Waals surface area contributed by atoms with Gasteiger partial charge in [0.15, 0.2) is 17.0 Å². The van der Waals surface area contributed by atoms with Gasteiger partial charge in [-0.25, -0.2) is 9.37 Å². The highest BCUT2D eigenvalue weighted by molar-refractivity contribution is 5.85. The van der Waals surface area contributed by atoms with E-state index < -0.39 is 0 Å². The number of aromatic nitrogens is 4. The molecule has 0 saturated carbocycles. The number of carbonyl (C=O) groups excluding carboxylic acids is 1. The van der Waals surface area contributed by atoms with Crippen molar-refractivity contribution >= 4 is 29.2 Å². The normalized spacial score (nSPS) is 15.7. The van der Waals surface area contributed by atoms with Crippen LogP contribution in [0.4, 0.5) is 16.2 Å². The molecule has 0 spiro atoms. The van der Waals surface area contributed by atoms with Crippen molar-refractivity contribution in [3.63, 3.8) is 0 Å². The van der Waals surface area contributed by atoms with Crippen molar-refractivity contribution < 1.29 is 9.18 Å². The number of halogens is 1.